The maximum atomic E-state index is 12.9. The van der Waals surface area contributed by atoms with Crippen molar-refractivity contribution >= 4 is 39.5 Å². The van der Waals surface area contributed by atoms with E-state index in [2.05, 4.69) is 14.8 Å². The third kappa shape index (κ3) is 3.16. The van der Waals surface area contributed by atoms with Crippen LogP contribution in [0.2, 0.25) is 0 Å². The SMILES string of the molecule is CCn1c(Cn2c3ccccc3c(=O)c3ccccc32)nnc1SCC(N)=O. The number of rotatable bonds is 6. The molecule has 0 aliphatic rings. The number of fused-ring (bicyclic) bond motifs is 2. The van der Waals surface area contributed by atoms with Crippen molar-refractivity contribution in [3.8, 4) is 0 Å². The number of nitrogens with zero attached hydrogens (tertiary/aromatic N) is 4. The number of pyridine rings is 1. The third-order valence-electron chi connectivity index (χ3n) is 4.63. The van der Waals surface area contributed by atoms with Crippen LogP contribution in [0.5, 0.6) is 0 Å². The van der Waals surface area contributed by atoms with Gasteiger partial charge in [-0.1, -0.05) is 36.0 Å². The molecule has 8 heteroatoms. The van der Waals surface area contributed by atoms with Crippen LogP contribution in [0.15, 0.2) is 58.5 Å². The van der Waals surface area contributed by atoms with Crippen LogP contribution in [-0.2, 0) is 17.9 Å². The topological polar surface area (TPSA) is 95.8 Å². The number of aromatic nitrogens is 4. The van der Waals surface area contributed by atoms with E-state index in [1.165, 1.54) is 11.8 Å². The third-order valence-corrected chi connectivity index (χ3v) is 5.62. The quantitative estimate of drug-likeness (QED) is 0.401. The molecule has 2 aromatic carbocycles. The molecule has 0 spiro atoms. The minimum absolute atomic E-state index is 0.0251. The molecule has 2 heterocycles. The highest BCUT2D eigenvalue weighted by Crippen LogP contribution is 2.22. The highest BCUT2D eigenvalue weighted by atomic mass is 32.2. The molecule has 0 radical (unpaired) electrons. The molecular formula is C20H19N5O2S. The van der Waals surface area contributed by atoms with Gasteiger partial charge in [0.2, 0.25) is 5.91 Å². The van der Waals surface area contributed by atoms with Gasteiger partial charge in [0.15, 0.2) is 16.4 Å². The fourth-order valence-corrected chi connectivity index (χ4v) is 4.14. The Morgan fingerprint density at radius 1 is 1.00 bits per heavy atom. The Morgan fingerprint density at radius 3 is 2.18 bits per heavy atom. The van der Waals surface area contributed by atoms with Gasteiger partial charge in [0.1, 0.15) is 0 Å². The molecule has 142 valence electrons. The van der Waals surface area contributed by atoms with Crippen LogP contribution in [0, 0.1) is 0 Å². The van der Waals surface area contributed by atoms with Crippen LogP contribution in [0.1, 0.15) is 12.7 Å². The lowest BCUT2D eigenvalue weighted by molar-refractivity contribution is -0.115. The number of hydrogen-bond acceptors (Lipinski definition) is 5. The van der Waals surface area contributed by atoms with E-state index in [1.54, 1.807) is 0 Å². The number of primary amides is 1. The van der Waals surface area contributed by atoms with Crippen LogP contribution in [0.4, 0.5) is 0 Å². The number of nitrogens with two attached hydrogens (primary N) is 1. The summed E-state index contributed by atoms with van der Waals surface area (Å²) in [5, 5.41) is 10.6. The number of carbonyl (C=O) groups is 1. The van der Waals surface area contributed by atoms with Gasteiger partial charge in [-0.3, -0.25) is 9.59 Å². The van der Waals surface area contributed by atoms with Crippen molar-refractivity contribution in [2.75, 3.05) is 5.75 Å². The molecule has 7 nitrogen and oxygen atoms in total. The van der Waals surface area contributed by atoms with Crippen molar-refractivity contribution < 1.29 is 4.79 Å². The number of hydrogen-bond donors (Lipinski definition) is 1. The van der Waals surface area contributed by atoms with E-state index in [1.807, 2.05) is 60.0 Å². The average molecular weight is 393 g/mol. The van der Waals surface area contributed by atoms with Gasteiger partial charge in [0, 0.05) is 17.3 Å². The van der Waals surface area contributed by atoms with E-state index < -0.39 is 5.91 Å². The zero-order chi connectivity index (χ0) is 19.7. The van der Waals surface area contributed by atoms with Crippen LogP contribution < -0.4 is 11.2 Å². The molecule has 0 aliphatic carbocycles. The van der Waals surface area contributed by atoms with E-state index in [0.717, 1.165) is 16.9 Å². The van der Waals surface area contributed by atoms with Gasteiger partial charge in [-0.2, -0.15) is 0 Å². The minimum Gasteiger partial charge on any atom is -0.369 e. The van der Waals surface area contributed by atoms with Crippen LogP contribution in [0.3, 0.4) is 0 Å². The molecule has 4 aromatic rings. The molecule has 0 aliphatic heterocycles. The van der Waals surface area contributed by atoms with E-state index in [0.29, 0.717) is 29.0 Å². The summed E-state index contributed by atoms with van der Waals surface area (Å²) >= 11 is 1.28. The maximum Gasteiger partial charge on any atom is 0.227 e. The summed E-state index contributed by atoms with van der Waals surface area (Å²) in [5.74, 6) is 0.519. The van der Waals surface area contributed by atoms with Crippen molar-refractivity contribution in [3.05, 3.63) is 64.6 Å². The molecule has 0 saturated heterocycles. The van der Waals surface area contributed by atoms with Crippen LogP contribution in [-0.4, -0.2) is 31.0 Å². The Bertz CT molecular complexity index is 1180. The van der Waals surface area contributed by atoms with Gasteiger partial charge in [0.25, 0.3) is 0 Å². The second-order valence-electron chi connectivity index (χ2n) is 6.35. The molecule has 4 rings (SSSR count). The largest absolute Gasteiger partial charge is 0.369 e. The lowest BCUT2D eigenvalue weighted by Gasteiger charge is -2.15. The van der Waals surface area contributed by atoms with Gasteiger partial charge >= 0.3 is 0 Å². The first-order valence-electron chi connectivity index (χ1n) is 8.93. The summed E-state index contributed by atoms with van der Waals surface area (Å²) in [6.07, 6.45) is 0. The molecule has 2 aromatic heterocycles. The van der Waals surface area contributed by atoms with E-state index in [4.69, 9.17) is 5.73 Å². The van der Waals surface area contributed by atoms with Crippen LogP contribution >= 0.6 is 11.8 Å². The van der Waals surface area contributed by atoms with Crippen molar-refractivity contribution in [2.24, 2.45) is 5.73 Å². The summed E-state index contributed by atoms with van der Waals surface area (Å²) in [6, 6.07) is 15.2. The fourth-order valence-electron chi connectivity index (χ4n) is 3.38. The zero-order valence-electron chi connectivity index (χ0n) is 15.3. The van der Waals surface area contributed by atoms with Crippen molar-refractivity contribution in [1.82, 2.24) is 19.3 Å². The molecule has 2 N–H and O–H groups in total. The smallest absolute Gasteiger partial charge is 0.227 e. The molecule has 0 unspecified atom stereocenters. The normalized spacial score (nSPS) is 11.3. The maximum absolute atomic E-state index is 12.9. The lowest BCUT2D eigenvalue weighted by Crippen LogP contribution is -2.16. The summed E-state index contributed by atoms with van der Waals surface area (Å²) in [7, 11) is 0. The summed E-state index contributed by atoms with van der Waals surface area (Å²) in [4.78, 5) is 24.0. The molecular weight excluding hydrogens is 374 g/mol. The van der Waals surface area contributed by atoms with E-state index in [9.17, 15) is 9.59 Å². The molecule has 28 heavy (non-hydrogen) atoms. The Morgan fingerprint density at radius 2 is 1.61 bits per heavy atom. The van der Waals surface area contributed by atoms with Gasteiger partial charge in [-0.25, -0.2) is 0 Å². The number of amides is 1. The Hall–Kier alpha value is -3.13. The number of para-hydroxylation sites is 2. The Kier molecular flexibility index (Phi) is 4.87. The second-order valence-corrected chi connectivity index (χ2v) is 7.29. The number of carbonyl (C=O) groups excluding carboxylic acids is 1. The number of thioether (sulfide) groups is 1. The van der Waals surface area contributed by atoms with Crippen molar-refractivity contribution in [3.63, 3.8) is 0 Å². The molecule has 0 fully saturated rings. The Labute approximate surface area is 165 Å². The van der Waals surface area contributed by atoms with E-state index >= 15 is 0 Å². The predicted molar refractivity (Wildman–Crippen MR) is 110 cm³/mol. The monoisotopic (exact) mass is 393 g/mol. The van der Waals surface area contributed by atoms with Gasteiger partial charge in [-0.05, 0) is 31.2 Å². The first-order chi connectivity index (χ1) is 13.6. The van der Waals surface area contributed by atoms with Gasteiger partial charge in [0.05, 0.1) is 23.3 Å². The highest BCUT2D eigenvalue weighted by molar-refractivity contribution is 7.99. The van der Waals surface area contributed by atoms with Gasteiger partial charge in [-0.15, -0.1) is 10.2 Å². The summed E-state index contributed by atoms with van der Waals surface area (Å²) < 4.78 is 4.06. The Balaban J connectivity index is 1.87. The molecule has 0 saturated carbocycles. The highest BCUT2D eigenvalue weighted by Gasteiger charge is 2.16. The van der Waals surface area contributed by atoms with E-state index in [-0.39, 0.29) is 11.2 Å². The fraction of sp³-hybridized carbons (Fsp3) is 0.200. The average Bonchev–Trinajstić information content (AvgIpc) is 3.11. The summed E-state index contributed by atoms with van der Waals surface area (Å²) in [6.45, 7) is 3.13. The minimum atomic E-state index is -0.394. The first kappa shape index (κ1) is 18.2. The zero-order valence-corrected chi connectivity index (χ0v) is 16.1. The van der Waals surface area contributed by atoms with Crippen molar-refractivity contribution in [1.29, 1.82) is 0 Å². The second kappa shape index (κ2) is 7.47. The molecule has 0 atom stereocenters. The van der Waals surface area contributed by atoms with Gasteiger partial charge < -0.3 is 14.9 Å². The van der Waals surface area contributed by atoms with Crippen molar-refractivity contribution in [2.45, 2.75) is 25.2 Å². The first-order valence-corrected chi connectivity index (χ1v) is 9.92. The molecule has 1 amide bonds. The standard InChI is InChI=1S/C20H19N5O2S/c1-2-24-18(22-23-20(24)28-12-17(21)26)11-25-15-9-5-3-7-13(15)19(27)14-8-4-6-10-16(14)25/h3-10H,2,11-12H2,1H3,(H2,21,26). The lowest BCUT2D eigenvalue weighted by atomic mass is 10.1. The predicted octanol–water partition coefficient (Wildman–Crippen LogP) is 2.39. The number of benzene rings is 2. The summed E-state index contributed by atoms with van der Waals surface area (Å²) in [5.41, 5.74) is 6.98. The van der Waals surface area contributed by atoms with Crippen LogP contribution in [0.25, 0.3) is 21.8 Å². The molecule has 0 bridgehead atoms.